The standard InChI is InChI=1S/C15H10BrClN6O3S/c16-12-7-11(23(25)26)5-6-13(12)18-14(24)8-27-15-19-20-21-22(15)10-3-1-9(17)2-4-10/h1-7H,8H2,(H,18,24). The van der Waals surface area contributed by atoms with Crippen LogP contribution in [0.5, 0.6) is 0 Å². The molecule has 0 aliphatic rings. The Morgan fingerprint density at radius 3 is 2.70 bits per heavy atom. The largest absolute Gasteiger partial charge is 0.324 e. The zero-order valence-electron chi connectivity index (χ0n) is 13.4. The van der Waals surface area contributed by atoms with Gasteiger partial charge in [-0.2, -0.15) is 4.68 Å². The number of thioether (sulfide) groups is 1. The van der Waals surface area contributed by atoms with Crippen LogP contribution in [0.25, 0.3) is 5.69 Å². The number of aromatic nitrogens is 4. The summed E-state index contributed by atoms with van der Waals surface area (Å²) in [6.45, 7) is 0. The number of nitrogens with zero attached hydrogens (tertiary/aromatic N) is 5. The normalized spacial score (nSPS) is 10.6. The summed E-state index contributed by atoms with van der Waals surface area (Å²) in [5.74, 6) is -0.252. The molecule has 27 heavy (non-hydrogen) atoms. The van der Waals surface area contributed by atoms with E-state index in [0.717, 1.165) is 11.8 Å². The van der Waals surface area contributed by atoms with Crippen LogP contribution in [-0.2, 0) is 4.79 Å². The molecule has 0 spiro atoms. The molecule has 12 heteroatoms. The minimum Gasteiger partial charge on any atom is -0.324 e. The van der Waals surface area contributed by atoms with Crippen molar-refractivity contribution in [2.45, 2.75) is 5.16 Å². The van der Waals surface area contributed by atoms with E-state index in [1.54, 1.807) is 24.3 Å². The van der Waals surface area contributed by atoms with Gasteiger partial charge < -0.3 is 5.32 Å². The van der Waals surface area contributed by atoms with E-state index in [2.05, 4.69) is 36.8 Å². The van der Waals surface area contributed by atoms with Gasteiger partial charge in [0.05, 0.1) is 22.1 Å². The molecule has 0 unspecified atom stereocenters. The first-order valence-electron chi connectivity index (χ1n) is 7.35. The zero-order chi connectivity index (χ0) is 19.4. The number of non-ortho nitro benzene ring substituents is 1. The fraction of sp³-hybridized carbons (Fsp3) is 0.0667. The van der Waals surface area contributed by atoms with Crippen molar-refractivity contribution in [2.24, 2.45) is 0 Å². The van der Waals surface area contributed by atoms with E-state index in [0.29, 0.717) is 26.0 Å². The molecule has 0 aliphatic carbocycles. The van der Waals surface area contributed by atoms with Crippen molar-refractivity contribution < 1.29 is 9.72 Å². The van der Waals surface area contributed by atoms with Crippen molar-refractivity contribution >= 4 is 56.6 Å². The van der Waals surface area contributed by atoms with Gasteiger partial charge in [-0.3, -0.25) is 14.9 Å². The van der Waals surface area contributed by atoms with Gasteiger partial charge in [-0.05, 0) is 56.7 Å². The molecule has 3 rings (SSSR count). The average Bonchev–Trinajstić information content (AvgIpc) is 3.10. The van der Waals surface area contributed by atoms with Gasteiger partial charge in [0.2, 0.25) is 11.1 Å². The van der Waals surface area contributed by atoms with Gasteiger partial charge in [0.25, 0.3) is 5.69 Å². The first kappa shape index (κ1) is 19.3. The number of rotatable bonds is 6. The second-order valence-corrected chi connectivity index (χ2v) is 7.34. The number of carbonyl (C=O) groups is 1. The summed E-state index contributed by atoms with van der Waals surface area (Å²) >= 11 is 10.2. The molecule has 3 aromatic rings. The number of hydrogen-bond donors (Lipinski definition) is 1. The van der Waals surface area contributed by atoms with Crippen molar-refractivity contribution in [1.82, 2.24) is 20.2 Å². The van der Waals surface area contributed by atoms with Crippen molar-refractivity contribution in [2.75, 3.05) is 11.1 Å². The van der Waals surface area contributed by atoms with Crippen LogP contribution >= 0.6 is 39.3 Å². The van der Waals surface area contributed by atoms with Crippen molar-refractivity contribution in [3.8, 4) is 5.69 Å². The van der Waals surface area contributed by atoms with Crippen LogP contribution in [0.4, 0.5) is 11.4 Å². The minimum atomic E-state index is -0.511. The lowest BCUT2D eigenvalue weighted by atomic mass is 10.3. The van der Waals surface area contributed by atoms with Crippen LogP contribution in [0.1, 0.15) is 0 Å². The van der Waals surface area contributed by atoms with E-state index in [1.165, 1.54) is 22.9 Å². The SMILES string of the molecule is O=C(CSc1nnnn1-c1ccc(Cl)cc1)Nc1ccc([N+](=O)[O-])cc1Br. The lowest BCUT2D eigenvalue weighted by Crippen LogP contribution is -2.15. The molecule has 0 bridgehead atoms. The lowest BCUT2D eigenvalue weighted by Gasteiger charge is -2.07. The number of tetrazole rings is 1. The van der Waals surface area contributed by atoms with Gasteiger partial charge in [0.15, 0.2) is 0 Å². The Morgan fingerprint density at radius 2 is 2.04 bits per heavy atom. The number of carbonyl (C=O) groups excluding carboxylic acids is 1. The van der Waals surface area contributed by atoms with Crippen LogP contribution in [0, 0.1) is 10.1 Å². The molecule has 1 heterocycles. The minimum absolute atomic E-state index is 0.0530. The summed E-state index contributed by atoms with van der Waals surface area (Å²) in [7, 11) is 0. The van der Waals surface area contributed by atoms with Gasteiger partial charge >= 0.3 is 0 Å². The van der Waals surface area contributed by atoms with Crippen LogP contribution in [-0.4, -0.2) is 36.8 Å². The third-order valence-corrected chi connectivity index (χ3v) is 5.11. The highest BCUT2D eigenvalue weighted by atomic mass is 79.9. The smallest absolute Gasteiger partial charge is 0.270 e. The summed E-state index contributed by atoms with van der Waals surface area (Å²) in [6.07, 6.45) is 0. The third kappa shape index (κ3) is 4.81. The number of nitro groups is 1. The molecule has 1 aromatic heterocycles. The maximum Gasteiger partial charge on any atom is 0.270 e. The van der Waals surface area contributed by atoms with Gasteiger partial charge in [-0.15, -0.1) is 5.10 Å². The second kappa shape index (κ2) is 8.46. The van der Waals surface area contributed by atoms with Crippen molar-refractivity contribution in [3.05, 3.63) is 62.1 Å². The van der Waals surface area contributed by atoms with Crippen LogP contribution < -0.4 is 5.32 Å². The second-order valence-electron chi connectivity index (χ2n) is 5.11. The highest BCUT2D eigenvalue weighted by Gasteiger charge is 2.14. The fourth-order valence-corrected chi connectivity index (χ4v) is 3.33. The Morgan fingerprint density at radius 1 is 1.30 bits per heavy atom. The first-order chi connectivity index (χ1) is 12.9. The molecule has 0 radical (unpaired) electrons. The Hall–Kier alpha value is -2.50. The molecule has 9 nitrogen and oxygen atoms in total. The number of nitro benzene ring substituents is 1. The summed E-state index contributed by atoms with van der Waals surface area (Å²) in [6, 6.07) is 11.0. The Bertz CT molecular complexity index is 997. The van der Waals surface area contributed by atoms with Crippen LogP contribution in [0.3, 0.4) is 0 Å². The molecular formula is C15H10BrClN6O3S. The molecule has 0 fully saturated rings. The monoisotopic (exact) mass is 468 g/mol. The quantitative estimate of drug-likeness (QED) is 0.332. The maximum absolute atomic E-state index is 12.2. The number of benzene rings is 2. The Balaban J connectivity index is 1.64. The lowest BCUT2D eigenvalue weighted by molar-refractivity contribution is -0.384. The topological polar surface area (TPSA) is 116 Å². The maximum atomic E-state index is 12.2. The third-order valence-electron chi connectivity index (χ3n) is 3.28. The highest BCUT2D eigenvalue weighted by molar-refractivity contribution is 9.10. The molecule has 2 aromatic carbocycles. The van der Waals surface area contributed by atoms with Crippen LogP contribution in [0.15, 0.2) is 52.1 Å². The summed E-state index contributed by atoms with van der Waals surface area (Å²) in [5.41, 5.74) is 1.07. The number of halogens is 2. The highest BCUT2D eigenvalue weighted by Crippen LogP contribution is 2.27. The van der Waals surface area contributed by atoms with Gasteiger partial charge in [0, 0.05) is 21.6 Å². The van der Waals surface area contributed by atoms with Crippen molar-refractivity contribution in [1.29, 1.82) is 0 Å². The molecule has 0 aliphatic heterocycles. The first-order valence-corrected chi connectivity index (χ1v) is 9.50. The zero-order valence-corrected chi connectivity index (χ0v) is 16.5. The molecular weight excluding hydrogens is 460 g/mol. The number of hydrogen-bond acceptors (Lipinski definition) is 7. The van der Waals surface area contributed by atoms with Gasteiger partial charge in [-0.25, -0.2) is 0 Å². The van der Waals surface area contributed by atoms with E-state index in [-0.39, 0.29) is 17.3 Å². The number of anilines is 1. The van der Waals surface area contributed by atoms with E-state index in [1.807, 2.05) is 0 Å². The molecule has 138 valence electrons. The summed E-state index contributed by atoms with van der Waals surface area (Å²) in [4.78, 5) is 22.4. The molecule has 0 atom stereocenters. The molecule has 1 N–H and O–H groups in total. The van der Waals surface area contributed by atoms with E-state index >= 15 is 0 Å². The van der Waals surface area contributed by atoms with E-state index in [4.69, 9.17) is 11.6 Å². The summed E-state index contributed by atoms with van der Waals surface area (Å²) in [5, 5.41) is 25.9. The molecule has 0 saturated heterocycles. The van der Waals surface area contributed by atoms with E-state index in [9.17, 15) is 14.9 Å². The van der Waals surface area contributed by atoms with E-state index < -0.39 is 4.92 Å². The summed E-state index contributed by atoms with van der Waals surface area (Å²) < 4.78 is 1.91. The molecule has 1 amide bonds. The number of amides is 1. The molecule has 0 saturated carbocycles. The Labute approximate surface area is 170 Å². The predicted octanol–water partition coefficient (Wildman–Crippen LogP) is 3.72. The predicted molar refractivity (Wildman–Crippen MR) is 104 cm³/mol. The van der Waals surface area contributed by atoms with Crippen molar-refractivity contribution in [3.63, 3.8) is 0 Å². The van der Waals surface area contributed by atoms with Gasteiger partial charge in [0.1, 0.15) is 0 Å². The fourth-order valence-electron chi connectivity index (χ4n) is 2.05. The Kier molecular flexibility index (Phi) is 6.04. The van der Waals surface area contributed by atoms with Gasteiger partial charge in [-0.1, -0.05) is 23.4 Å². The average molecular weight is 470 g/mol. The number of nitrogens with one attached hydrogen (secondary N) is 1. The van der Waals surface area contributed by atoms with Crippen LogP contribution in [0.2, 0.25) is 5.02 Å².